The fourth-order valence-corrected chi connectivity index (χ4v) is 3.13. The lowest BCUT2D eigenvalue weighted by atomic mass is 10.2. The SMILES string of the molecule is CCOC(=O)c1cc(NC(=O)CCSc2ccc(C)cc2)ccc1Cl. The van der Waals surface area contributed by atoms with Crippen LogP contribution in [-0.4, -0.2) is 24.2 Å². The van der Waals surface area contributed by atoms with Crippen molar-refractivity contribution in [2.75, 3.05) is 17.7 Å². The van der Waals surface area contributed by atoms with Gasteiger partial charge in [0, 0.05) is 22.8 Å². The van der Waals surface area contributed by atoms with Gasteiger partial charge in [-0.2, -0.15) is 0 Å². The van der Waals surface area contributed by atoms with Crippen molar-refractivity contribution in [2.24, 2.45) is 0 Å². The van der Waals surface area contributed by atoms with Crippen LogP contribution in [0.4, 0.5) is 5.69 Å². The molecular formula is C19H20ClNO3S. The Morgan fingerprint density at radius 3 is 2.56 bits per heavy atom. The number of halogens is 1. The molecule has 0 fully saturated rings. The third kappa shape index (κ3) is 6.11. The van der Waals surface area contributed by atoms with Gasteiger partial charge in [-0.1, -0.05) is 29.3 Å². The van der Waals surface area contributed by atoms with Crippen LogP contribution in [0, 0.1) is 6.92 Å². The lowest BCUT2D eigenvalue weighted by Crippen LogP contribution is -2.13. The van der Waals surface area contributed by atoms with E-state index in [1.54, 1.807) is 30.8 Å². The van der Waals surface area contributed by atoms with E-state index in [-0.39, 0.29) is 18.1 Å². The number of amides is 1. The molecule has 0 saturated heterocycles. The zero-order valence-corrected chi connectivity index (χ0v) is 15.7. The Bertz CT molecular complexity index is 747. The first-order chi connectivity index (χ1) is 12.0. The molecule has 2 aromatic carbocycles. The van der Waals surface area contributed by atoms with Crippen LogP contribution in [0.2, 0.25) is 5.02 Å². The van der Waals surface area contributed by atoms with Crippen molar-refractivity contribution in [1.29, 1.82) is 0 Å². The number of esters is 1. The molecule has 1 N–H and O–H groups in total. The summed E-state index contributed by atoms with van der Waals surface area (Å²) in [6, 6.07) is 13.0. The number of aryl methyl sites for hydroxylation is 1. The van der Waals surface area contributed by atoms with Gasteiger partial charge >= 0.3 is 5.97 Å². The normalized spacial score (nSPS) is 10.4. The van der Waals surface area contributed by atoms with Crippen molar-refractivity contribution in [3.8, 4) is 0 Å². The van der Waals surface area contributed by atoms with Gasteiger partial charge in [-0.05, 0) is 44.2 Å². The molecule has 4 nitrogen and oxygen atoms in total. The molecule has 0 spiro atoms. The molecule has 0 aliphatic rings. The number of hydrogen-bond donors (Lipinski definition) is 1. The first-order valence-corrected chi connectivity index (χ1v) is 9.32. The summed E-state index contributed by atoms with van der Waals surface area (Å²) in [4.78, 5) is 25.0. The van der Waals surface area contributed by atoms with Gasteiger partial charge < -0.3 is 10.1 Å². The smallest absolute Gasteiger partial charge is 0.339 e. The molecule has 0 aliphatic carbocycles. The number of carbonyl (C=O) groups excluding carboxylic acids is 2. The van der Waals surface area contributed by atoms with E-state index in [1.165, 1.54) is 11.6 Å². The van der Waals surface area contributed by atoms with Gasteiger partial charge in [0.1, 0.15) is 0 Å². The van der Waals surface area contributed by atoms with E-state index >= 15 is 0 Å². The summed E-state index contributed by atoms with van der Waals surface area (Å²) in [5.74, 6) is 0.0583. The van der Waals surface area contributed by atoms with Gasteiger partial charge in [0.15, 0.2) is 0 Å². The molecule has 1 amide bonds. The first kappa shape index (κ1) is 19.3. The highest BCUT2D eigenvalue weighted by Gasteiger charge is 2.13. The number of rotatable bonds is 7. The van der Waals surface area contributed by atoms with Crippen LogP contribution < -0.4 is 5.32 Å². The zero-order chi connectivity index (χ0) is 18.2. The fraction of sp³-hybridized carbons (Fsp3) is 0.263. The molecule has 0 heterocycles. The Balaban J connectivity index is 1.88. The first-order valence-electron chi connectivity index (χ1n) is 7.95. The summed E-state index contributed by atoms with van der Waals surface area (Å²) in [5.41, 5.74) is 1.98. The molecule has 132 valence electrons. The molecule has 0 radical (unpaired) electrons. The second-order valence-electron chi connectivity index (χ2n) is 5.37. The molecule has 2 aromatic rings. The van der Waals surface area contributed by atoms with E-state index in [9.17, 15) is 9.59 Å². The molecule has 0 atom stereocenters. The average Bonchev–Trinajstić information content (AvgIpc) is 2.58. The second kappa shape index (κ2) is 9.49. The number of carbonyl (C=O) groups is 2. The van der Waals surface area contributed by atoms with E-state index in [0.717, 1.165) is 4.90 Å². The summed E-state index contributed by atoms with van der Waals surface area (Å²) >= 11 is 7.64. The molecule has 0 saturated carbocycles. The molecule has 0 aromatic heterocycles. The minimum absolute atomic E-state index is 0.114. The summed E-state index contributed by atoms with van der Waals surface area (Å²) in [5, 5.41) is 3.08. The Labute approximate surface area is 156 Å². The van der Waals surface area contributed by atoms with Crippen molar-refractivity contribution in [1.82, 2.24) is 0 Å². The zero-order valence-electron chi connectivity index (χ0n) is 14.2. The highest BCUT2D eigenvalue weighted by Crippen LogP contribution is 2.22. The maximum absolute atomic E-state index is 12.1. The number of benzene rings is 2. The number of hydrogen-bond acceptors (Lipinski definition) is 4. The lowest BCUT2D eigenvalue weighted by molar-refractivity contribution is -0.115. The number of anilines is 1. The van der Waals surface area contributed by atoms with Crippen molar-refractivity contribution >= 4 is 40.9 Å². The Kier molecular flexibility index (Phi) is 7.34. The summed E-state index contributed by atoms with van der Waals surface area (Å²) in [7, 11) is 0. The van der Waals surface area contributed by atoms with Crippen molar-refractivity contribution in [3.05, 3.63) is 58.6 Å². The molecule has 2 rings (SSSR count). The van der Waals surface area contributed by atoms with Gasteiger partial charge in [-0.25, -0.2) is 4.79 Å². The average molecular weight is 378 g/mol. The maximum atomic E-state index is 12.1. The van der Waals surface area contributed by atoms with E-state index < -0.39 is 5.97 Å². The van der Waals surface area contributed by atoms with Gasteiger partial charge in [0.25, 0.3) is 0 Å². The van der Waals surface area contributed by atoms with E-state index in [1.807, 2.05) is 31.2 Å². The predicted molar refractivity (Wildman–Crippen MR) is 103 cm³/mol. The number of nitrogens with one attached hydrogen (secondary N) is 1. The minimum Gasteiger partial charge on any atom is -0.462 e. The molecule has 0 aliphatic heterocycles. The second-order valence-corrected chi connectivity index (χ2v) is 6.95. The highest BCUT2D eigenvalue weighted by molar-refractivity contribution is 7.99. The maximum Gasteiger partial charge on any atom is 0.339 e. The minimum atomic E-state index is -0.501. The molecule has 6 heteroatoms. The Morgan fingerprint density at radius 1 is 1.16 bits per heavy atom. The summed E-state index contributed by atoms with van der Waals surface area (Å²) in [6.45, 7) is 4.03. The van der Waals surface area contributed by atoms with Gasteiger partial charge in [-0.15, -0.1) is 11.8 Å². The summed E-state index contributed by atoms with van der Waals surface area (Å²) < 4.78 is 4.95. The van der Waals surface area contributed by atoms with Crippen molar-refractivity contribution in [2.45, 2.75) is 25.2 Å². The molecule has 0 bridgehead atoms. The van der Waals surface area contributed by atoms with E-state index in [4.69, 9.17) is 16.3 Å². The Hall–Kier alpha value is -1.98. The van der Waals surface area contributed by atoms with Crippen LogP contribution >= 0.6 is 23.4 Å². The molecular weight excluding hydrogens is 358 g/mol. The standard InChI is InChI=1S/C19H20ClNO3S/c1-3-24-19(23)16-12-14(6-9-17(16)20)21-18(22)10-11-25-15-7-4-13(2)5-8-15/h4-9,12H,3,10-11H2,1-2H3,(H,21,22). The summed E-state index contributed by atoms with van der Waals surface area (Å²) in [6.07, 6.45) is 0.371. The van der Waals surface area contributed by atoms with Crippen LogP contribution in [0.25, 0.3) is 0 Å². The topological polar surface area (TPSA) is 55.4 Å². The van der Waals surface area contributed by atoms with E-state index in [0.29, 0.717) is 22.9 Å². The fourth-order valence-electron chi connectivity index (χ4n) is 2.09. The van der Waals surface area contributed by atoms with Gasteiger partial charge in [0.05, 0.1) is 17.2 Å². The predicted octanol–water partition coefficient (Wildman–Crippen LogP) is 4.95. The van der Waals surface area contributed by atoms with Crippen molar-refractivity contribution in [3.63, 3.8) is 0 Å². The molecule has 25 heavy (non-hydrogen) atoms. The van der Waals surface area contributed by atoms with Crippen LogP contribution in [0.3, 0.4) is 0 Å². The highest BCUT2D eigenvalue weighted by atomic mass is 35.5. The quantitative estimate of drug-likeness (QED) is 0.548. The van der Waals surface area contributed by atoms with Crippen LogP contribution in [0.15, 0.2) is 47.4 Å². The number of ether oxygens (including phenoxy) is 1. The van der Waals surface area contributed by atoms with E-state index in [2.05, 4.69) is 5.32 Å². The third-order valence-electron chi connectivity index (χ3n) is 3.36. The third-order valence-corrected chi connectivity index (χ3v) is 4.71. The monoisotopic (exact) mass is 377 g/mol. The van der Waals surface area contributed by atoms with Crippen molar-refractivity contribution < 1.29 is 14.3 Å². The Morgan fingerprint density at radius 2 is 1.88 bits per heavy atom. The lowest BCUT2D eigenvalue weighted by Gasteiger charge is -2.09. The van der Waals surface area contributed by atoms with Crippen LogP contribution in [0.5, 0.6) is 0 Å². The molecule has 0 unspecified atom stereocenters. The van der Waals surface area contributed by atoms with Gasteiger partial charge in [0.2, 0.25) is 5.91 Å². The van der Waals surface area contributed by atoms with Crippen LogP contribution in [0.1, 0.15) is 29.3 Å². The van der Waals surface area contributed by atoms with Gasteiger partial charge in [-0.3, -0.25) is 4.79 Å². The number of thioether (sulfide) groups is 1. The van der Waals surface area contributed by atoms with Crippen LogP contribution in [-0.2, 0) is 9.53 Å². The largest absolute Gasteiger partial charge is 0.462 e.